The average Bonchev–Trinajstić information content (AvgIpc) is 2.95. The molecule has 0 spiro atoms. The van der Waals surface area contributed by atoms with Crippen molar-refractivity contribution in [3.05, 3.63) is 17.5 Å². The van der Waals surface area contributed by atoms with Crippen LogP contribution < -0.4 is 11.1 Å². The largest absolute Gasteiger partial charge is 0.348 e. The lowest BCUT2D eigenvalue weighted by atomic mass is 9.92. The van der Waals surface area contributed by atoms with Crippen molar-refractivity contribution in [2.24, 2.45) is 12.8 Å². The second-order valence-electron chi connectivity index (χ2n) is 5.24. The number of nitrogens with one attached hydrogen (secondary N) is 1. The van der Waals surface area contributed by atoms with Crippen LogP contribution in [0.3, 0.4) is 0 Å². The van der Waals surface area contributed by atoms with Gasteiger partial charge in [-0.05, 0) is 32.1 Å². The van der Waals surface area contributed by atoms with Gasteiger partial charge in [0.2, 0.25) is 5.91 Å². The normalized spacial score (nSPS) is 25.2. The van der Waals surface area contributed by atoms with E-state index >= 15 is 0 Å². The summed E-state index contributed by atoms with van der Waals surface area (Å²) < 4.78 is 1.91. The summed E-state index contributed by atoms with van der Waals surface area (Å²) in [5.41, 5.74) is 7.72. The quantitative estimate of drug-likeness (QED) is 0.778. The lowest BCUT2D eigenvalue weighted by Gasteiger charge is -2.25. The number of fused-ring (bicyclic) bond motifs is 1. The minimum Gasteiger partial charge on any atom is -0.348 e. The van der Waals surface area contributed by atoms with Crippen molar-refractivity contribution in [2.75, 3.05) is 0 Å². The Bertz CT molecular complexity index is 461. The predicted octanol–water partition coefficient (Wildman–Crippen LogP) is 0.405. The van der Waals surface area contributed by atoms with Gasteiger partial charge in [0.15, 0.2) is 0 Å². The maximum absolute atomic E-state index is 11.9. The van der Waals surface area contributed by atoms with Gasteiger partial charge >= 0.3 is 0 Å². The van der Waals surface area contributed by atoms with Crippen molar-refractivity contribution in [3.8, 4) is 0 Å². The smallest absolute Gasteiger partial charge is 0.240 e. The number of aromatic nitrogens is 2. The van der Waals surface area contributed by atoms with Gasteiger partial charge in [0, 0.05) is 18.3 Å². The summed E-state index contributed by atoms with van der Waals surface area (Å²) in [5.74, 6) is -0.000738. The molecular formula is C12H18N4O. The van der Waals surface area contributed by atoms with Crippen LogP contribution in [-0.4, -0.2) is 21.2 Å². The number of carbonyl (C=O) groups is 1. The minimum atomic E-state index is -0.584. The molecule has 0 bridgehead atoms. The van der Waals surface area contributed by atoms with Crippen molar-refractivity contribution in [2.45, 2.75) is 43.7 Å². The molecule has 2 aliphatic rings. The number of hydrogen-bond donors (Lipinski definition) is 2. The Morgan fingerprint density at radius 3 is 3.12 bits per heavy atom. The molecule has 0 aliphatic heterocycles. The monoisotopic (exact) mass is 234 g/mol. The second-order valence-corrected chi connectivity index (χ2v) is 5.24. The number of nitrogens with two attached hydrogens (primary N) is 1. The van der Waals surface area contributed by atoms with Crippen LogP contribution in [0.1, 0.15) is 43.0 Å². The lowest BCUT2D eigenvalue weighted by molar-refractivity contribution is -0.124. The molecule has 92 valence electrons. The fourth-order valence-electron chi connectivity index (χ4n) is 2.52. The van der Waals surface area contributed by atoms with Crippen LogP contribution in [0.2, 0.25) is 0 Å². The minimum absolute atomic E-state index is 0.000738. The summed E-state index contributed by atoms with van der Waals surface area (Å²) in [7, 11) is 1.95. The molecule has 1 heterocycles. The van der Waals surface area contributed by atoms with Crippen LogP contribution in [0.25, 0.3) is 0 Å². The molecular weight excluding hydrogens is 216 g/mol. The zero-order chi connectivity index (χ0) is 12.0. The third kappa shape index (κ3) is 1.74. The first-order chi connectivity index (χ1) is 8.10. The Morgan fingerprint density at radius 1 is 1.65 bits per heavy atom. The van der Waals surface area contributed by atoms with Crippen LogP contribution in [0.4, 0.5) is 0 Å². The standard InChI is InChI=1S/C12H18N4O/c1-16-10-4-2-3-9(8(10)7-14-16)15-11(17)12(13)5-6-12/h7,9H,2-6,13H2,1H3,(H,15,17). The molecule has 2 aliphatic carbocycles. The molecule has 1 saturated carbocycles. The van der Waals surface area contributed by atoms with Crippen LogP contribution in [0.15, 0.2) is 6.20 Å². The van der Waals surface area contributed by atoms with Crippen LogP contribution >= 0.6 is 0 Å². The van der Waals surface area contributed by atoms with Gasteiger partial charge < -0.3 is 11.1 Å². The van der Waals surface area contributed by atoms with E-state index in [2.05, 4.69) is 10.4 Å². The first kappa shape index (κ1) is 10.8. The molecule has 17 heavy (non-hydrogen) atoms. The van der Waals surface area contributed by atoms with Gasteiger partial charge in [-0.3, -0.25) is 9.48 Å². The van der Waals surface area contributed by atoms with E-state index in [1.54, 1.807) is 0 Å². The Hall–Kier alpha value is -1.36. The van der Waals surface area contributed by atoms with Crippen LogP contribution in [0.5, 0.6) is 0 Å². The highest BCUT2D eigenvalue weighted by molar-refractivity contribution is 5.89. The Balaban J connectivity index is 1.79. The highest BCUT2D eigenvalue weighted by Gasteiger charge is 2.46. The maximum atomic E-state index is 11.9. The molecule has 0 saturated heterocycles. The third-order valence-corrected chi connectivity index (χ3v) is 3.92. The Labute approximate surface area is 100 Å². The average molecular weight is 234 g/mol. The van der Waals surface area contributed by atoms with Gasteiger partial charge in [0.1, 0.15) is 0 Å². The summed E-state index contributed by atoms with van der Waals surface area (Å²) >= 11 is 0. The molecule has 1 fully saturated rings. The molecule has 1 aromatic heterocycles. The topological polar surface area (TPSA) is 72.9 Å². The number of aryl methyl sites for hydroxylation is 1. The van der Waals surface area contributed by atoms with Gasteiger partial charge in [0.05, 0.1) is 17.8 Å². The summed E-state index contributed by atoms with van der Waals surface area (Å²) in [4.78, 5) is 11.9. The molecule has 5 nitrogen and oxygen atoms in total. The summed E-state index contributed by atoms with van der Waals surface area (Å²) in [6.45, 7) is 0. The molecule has 1 amide bonds. The van der Waals surface area contributed by atoms with E-state index in [0.717, 1.165) is 37.7 Å². The zero-order valence-corrected chi connectivity index (χ0v) is 10.1. The van der Waals surface area contributed by atoms with Crippen LogP contribution in [0, 0.1) is 0 Å². The van der Waals surface area contributed by atoms with Crippen molar-refractivity contribution in [3.63, 3.8) is 0 Å². The summed E-state index contributed by atoms with van der Waals surface area (Å²) in [6.07, 6.45) is 6.62. The van der Waals surface area contributed by atoms with Gasteiger partial charge in [-0.1, -0.05) is 0 Å². The van der Waals surface area contributed by atoms with Gasteiger partial charge in [-0.25, -0.2) is 0 Å². The van der Waals surface area contributed by atoms with Gasteiger partial charge in [-0.15, -0.1) is 0 Å². The fourth-order valence-corrected chi connectivity index (χ4v) is 2.52. The lowest BCUT2D eigenvalue weighted by Crippen LogP contribution is -2.44. The number of hydrogen-bond acceptors (Lipinski definition) is 3. The maximum Gasteiger partial charge on any atom is 0.240 e. The molecule has 1 aromatic rings. The SMILES string of the molecule is Cn1ncc2c1CCCC2NC(=O)C1(N)CC1. The molecule has 3 rings (SSSR count). The van der Waals surface area contributed by atoms with Crippen LogP contribution in [-0.2, 0) is 18.3 Å². The molecule has 3 N–H and O–H groups in total. The summed E-state index contributed by atoms with van der Waals surface area (Å²) in [6, 6.07) is 0.0981. The first-order valence-electron chi connectivity index (χ1n) is 6.21. The Kier molecular flexibility index (Phi) is 2.26. The Morgan fingerprint density at radius 2 is 2.41 bits per heavy atom. The molecule has 0 aromatic carbocycles. The van der Waals surface area contributed by atoms with E-state index < -0.39 is 5.54 Å². The van der Waals surface area contributed by atoms with E-state index in [-0.39, 0.29) is 11.9 Å². The summed E-state index contributed by atoms with van der Waals surface area (Å²) in [5, 5.41) is 7.34. The van der Waals surface area contributed by atoms with Crippen molar-refractivity contribution in [1.29, 1.82) is 0 Å². The van der Waals surface area contributed by atoms with E-state index in [0.29, 0.717) is 0 Å². The molecule has 0 radical (unpaired) electrons. The third-order valence-electron chi connectivity index (χ3n) is 3.92. The van der Waals surface area contributed by atoms with Crippen molar-refractivity contribution < 1.29 is 4.79 Å². The number of rotatable bonds is 2. The van der Waals surface area contributed by atoms with E-state index in [1.807, 2.05) is 17.9 Å². The van der Waals surface area contributed by atoms with E-state index in [4.69, 9.17) is 5.73 Å². The van der Waals surface area contributed by atoms with Gasteiger partial charge in [-0.2, -0.15) is 5.10 Å². The number of nitrogens with zero attached hydrogens (tertiary/aromatic N) is 2. The van der Waals surface area contributed by atoms with E-state index in [9.17, 15) is 4.79 Å². The number of carbonyl (C=O) groups excluding carboxylic acids is 1. The van der Waals surface area contributed by atoms with Crippen molar-refractivity contribution in [1.82, 2.24) is 15.1 Å². The molecule has 5 heteroatoms. The first-order valence-corrected chi connectivity index (χ1v) is 6.21. The molecule has 1 atom stereocenters. The van der Waals surface area contributed by atoms with Gasteiger partial charge in [0.25, 0.3) is 0 Å². The highest BCUT2D eigenvalue weighted by Crippen LogP contribution is 2.35. The highest BCUT2D eigenvalue weighted by atomic mass is 16.2. The zero-order valence-electron chi connectivity index (χ0n) is 10.1. The van der Waals surface area contributed by atoms with Crippen molar-refractivity contribution >= 4 is 5.91 Å². The second kappa shape index (κ2) is 3.57. The number of amides is 1. The fraction of sp³-hybridized carbons (Fsp3) is 0.667. The predicted molar refractivity (Wildman–Crippen MR) is 63.2 cm³/mol. The molecule has 1 unspecified atom stereocenters. The van der Waals surface area contributed by atoms with E-state index in [1.165, 1.54) is 5.69 Å².